The van der Waals surface area contributed by atoms with Crippen LogP contribution in [-0.4, -0.2) is 16.7 Å². The molecule has 0 aliphatic carbocycles. The standard InChI is InChI=1S/C14H8BrClN2O2/c15-10-3-1-2-9-12(10)18(14(20)13(9)19)7-8-4-5-17-11(16)6-8/h1-6H,7H2. The number of para-hydroxylation sites is 1. The smallest absolute Gasteiger partial charge is 0.299 e. The Morgan fingerprint density at radius 1 is 1.25 bits per heavy atom. The van der Waals surface area contributed by atoms with Crippen LogP contribution in [0.15, 0.2) is 41.0 Å². The van der Waals surface area contributed by atoms with E-state index in [4.69, 9.17) is 11.6 Å². The first-order chi connectivity index (χ1) is 9.58. The molecule has 2 aromatic rings. The number of carbonyl (C=O) groups excluding carboxylic acids is 2. The molecule has 0 N–H and O–H groups in total. The van der Waals surface area contributed by atoms with E-state index in [1.807, 2.05) is 0 Å². The normalized spacial score (nSPS) is 13.8. The summed E-state index contributed by atoms with van der Waals surface area (Å²) in [7, 11) is 0. The Morgan fingerprint density at radius 2 is 2.05 bits per heavy atom. The lowest BCUT2D eigenvalue weighted by atomic mass is 10.1. The molecule has 6 heteroatoms. The van der Waals surface area contributed by atoms with E-state index in [0.717, 1.165) is 5.56 Å². The molecule has 20 heavy (non-hydrogen) atoms. The number of carbonyl (C=O) groups is 2. The second kappa shape index (κ2) is 5.00. The fraction of sp³-hybridized carbons (Fsp3) is 0.0714. The number of aromatic nitrogens is 1. The first kappa shape index (κ1) is 13.3. The van der Waals surface area contributed by atoms with Gasteiger partial charge in [0.2, 0.25) is 0 Å². The molecule has 1 aromatic heterocycles. The third kappa shape index (κ3) is 2.13. The van der Waals surface area contributed by atoms with E-state index in [2.05, 4.69) is 20.9 Å². The molecular formula is C14H8BrClN2O2. The van der Waals surface area contributed by atoms with Gasteiger partial charge >= 0.3 is 0 Å². The van der Waals surface area contributed by atoms with Crippen molar-refractivity contribution >= 4 is 44.9 Å². The van der Waals surface area contributed by atoms with Gasteiger partial charge in [0.1, 0.15) is 5.15 Å². The molecule has 1 amide bonds. The maximum atomic E-state index is 12.1. The Kier molecular flexibility index (Phi) is 3.31. The van der Waals surface area contributed by atoms with Crippen LogP contribution in [0.25, 0.3) is 0 Å². The molecule has 1 aliphatic heterocycles. The van der Waals surface area contributed by atoms with Crippen molar-refractivity contribution in [3.05, 3.63) is 57.3 Å². The second-order valence-electron chi connectivity index (χ2n) is 4.34. The fourth-order valence-corrected chi connectivity index (χ4v) is 2.96. The van der Waals surface area contributed by atoms with Crippen molar-refractivity contribution < 1.29 is 9.59 Å². The van der Waals surface area contributed by atoms with E-state index >= 15 is 0 Å². The lowest BCUT2D eigenvalue weighted by molar-refractivity contribution is -0.114. The van der Waals surface area contributed by atoms with Crippen molar-refractivity contribution in [2.45, 2.75) is 6.54 Å². The number of ketones is 1. The molecule has 0 atom stereocenters. The maximum Gasteiger partial charge on any atom is 0.299 e. The average Bonchev–Trinajstić information content (AvgIpc) is 2.66. The number of nitrogens with zero attached hydrogens (tertiary/aromatic N) is 2. The lowest BCUT2D eigenvalue weighted by Gasteiger charge is -2.17. The highest BCUT2D eigenvalue weighted by molar-refractivity contribution is 9.10. The Hall–Kier alpha value is -1.72. The van der Waals surface area contributed by atoms with E-state index < -0.39 is 11.7 Å². The summed E-state index contributed by atoms with van der Waals surface area (Å²) in [4.78, 5) is 29.4. The summed E-state index contributed by atoms with van der Waals surface area (Å²) in [5.74, 6) is -1.01. The zero-order valence-corrected chi connectivity index (χ0v) is 12.5. The van der Waals surface area contributed by atoms with Gasteiger partial charge in [0, 0.05) is 10.7 Å². The van der Waals surface area contributed by atoms with Crippen LogP contribution in [0, 0.1) is 0 Å². The molecule has 0 unspecified atom stereocenters. The fourth-order valence-electron chi connectivity index (χ4n) is 2.19. The van der Waals surface area contributed by atoms with Crippen molar-refractivity contribution in [1.29, 1.82) is 0 Å². The SMILES string of the molecule is O=C1C(=O)N(Cc2ccnc(Cl)c2)c2c(Br)cccc21. The molecule has 1 aromatic carbocycles. The van der Waals surface area contributed by atoms with Crippen LogP contribution in [-0.2, 0) is 11.3 Å². The van der Waals surface area contributed by atoms with E-state index in [1.54, 1.807) is 36.5 Å². The van der Waals surface area contributed by atoms with Crippen molar-refractivity contribution in [3.8, 4) is 0 Å². The first-order valence-electron chi connectivity index (χ1n) is 5.83. The number of amides is 1. The Balaban J connectivity index is 2.03. The Morgan fingerprint density at radius 3 is 2.80 bits per heavy atom. The molecule has 100 valence electrons. The van der Waals surface area contributed by atoms with Crippen molar-refractivity contribution in [1.82, 2.24) is 4.98 Å². The average molecular weight is 352 g/mol. The molecule has 4 nitrogen and oxygen atoms in total. The zero-order valence-electron chi connectivity index (χ0n) is 10.1. The van der Waals surface area contributed by atoms with Crippen molar-refractivity contribution in [2.24, 2.45) is 0 Å². The molecule has 0 bridgehead atoms. The van der Waals surface area contributed by atoms with Crippen LogP contribution < -0.4 is 4.90 Å². The highest BCUT2D eigenvalue weighted by atomic mass is 79.9. The van der Waals surface area contributed by atoms with Crippen LogP contribution in [0.1, 0.15) is 15.9 Å². The number of fused-ring (bicyclic) bond motifs is 1. The maximum absolute atomic E-state index is 12.1. The van der Waals surface area contributed by atoms with Gasteiger partial charge in [0.15, 0.2) is 0 Å². The van der Waals surface area contributed by atoms with E-state index in [-0.39, 0.29) is 6.54 Å². The van der Waals surface area contributed by atoms with Gasteiger partial charge in [0.25, 0.3) is 11.7 Å². The minimum absolute atomic E-state index is 0.280. The molecule has 3 rings (SSSR count). The van der Waals surface area contributed by atoms with Crippen molar-refractivity contribution in [3.63, 3.8) is 0 Å². The number of benzene rings is 1. The van der Waals surface area contributed by atoms with Gasteiger partial charge < -0.3 is 0 Å². The highest BCUT2D eigenvalue weighted by Gasteiger charge is 2.37. The predicted molar refractivity (Wildman–Crippen MR) is 78.9 cm³/mol. The Labute approximate surface area is 128 Å². The number of anilines is 1. The molecule has 0 fully saturated rings. The monoisotopic (exact) mass is 350 g/mol. The minimum Gasteiger partial charge on any atom is -0.299 e. The van der Waals surface area contributed by atoms with Crippen molar-refractivity contribution in [2.75, 3.05) is 4.90 Å². The third-order valence-corrected chi connectivity index (χ3v) is 3.92. The summed E-state index contributed by atoms with van der Waals surface area (Å²) in [5, 5.41) is 0.354. The molecule has 0 radical (unpaired) electrons. The van der Waals surface area contributed by atoms with E-state index in [0.29, 0.717) is 20.9 Å². The van der Waals surface area contributed by atoms with Gasteiger partial charge in [-0.05, 0) is 45.8 Å². The van der Waals surface area contributed by atoms with Crippen LogP contribution in [0.2, 0.25) is 5.15 Å². The number of pyridine rings is 1. The number of hydrogen-bond acceptors (Lipinski definition) is 3. The minimum atomic E-state index is -0.528. The van der Waals surface area contributed by atoms with Crippen LogP contribution in [0.5, 0.6) is 0 Å². The molecule has 2 heterocycles. The van der Waals surface area contributed by atoms with Gasteiger partial charge in [-0.25, -0.2) is 4.98 Å². The summed E-state index contributed by atoms with van der Waals surface area (Å²) in [6.45, 7) is 0.280. The van der Waals surface area contributed by atoms with Gasteiger partial charge in [-0.2, -0.15) is 0 Å². The van der Waals surface area contributed by atoms with Gasteiger partial charge in [-0.15, -0.1) is 0 Å². The summed E-state index contributed by atoms with van der Waals surface area (Å²) in [6, 6.07) is 8.63. The van der Waals surface area contributed by atoms with E-state index in [1.165, 1.54) is 4.90 Å². The van der Waals surface area contributed by atoms with Gasteiger partial charge in [0.05, 0.1) is 17.8 Å². The van der Waals surface area contributed by atoms with Gasteiger partial charge in [-0.1, -0.05) is 17.7 Å². The summed E-state index contributed by atoms with van der Waals surface area (Å²) in [6.07, 6.45) is 1.57. The molecular weight excluding hydrogens is 344 g/mol. The second-order valence-corrected chi connectivity index (χ2v) is 5.58. The third-order valence-electron chi connectivity index (χ3n) is 3.07. The van der Waals surface area contributed by atoms with Crippen LogP contribution in [0.4, 0.5) is 5.69 Å². The number of rotatable bonds is 2. The molecule has 0 spiro atoms. The molecule has 0 saturated carbocycles. The molecule has 0 saturated heterocycles. The number of halogens is 2. The van der Waals surface area contributed by atoms with Crippen LogP contribution >= 0.6 is 27.5 Å². The highest BCUT2D eigenvalue weighted by Crippen LogP contribution is 2.36. The molecule has 1 aliphatic rings. The number of hydrogen-bond donors (Lipinski definition) is 0. The van der Waals surface area contributed by atoms with Crippen LogP contribution in [0.3, 0.4) is 0 Å². The number of Topliss-reactive ketones (excluding diaryl/α,β-unsaturated/α-hetero) is 1. The van der Waals surface area contributed by atoms with E-state index in [9.17, 15) is 9.59 Å². The quantitative estimate of drug-likeness (QED) is 0.616. The zero-order chi connectivity index (χ0) is 14.3. The lowest BCUT2D eigenvalue weighted by Crippen LogP contribution is -2.29. The summed E-state index contributed by atoms with van der Waals surface area (Å²) >= 11 is 9.22. The largest absolute Gasteiger partial charge is 0.299 e. The topological polar surface area (TPSA) is 50.3 Å². The summed E-state index contributed by atoms with van der Waals surface area (Å²) < 4.78 is 0.717. The first-order valence-corrected chi connectivity index (χ1v) is 7.00. The Bertz CT molecular complexity index is 733. The predicted octanol–water partition coefficient (Wildman–Crippen LogP) is 3.23. The van der Waals surface area contributed by atoms with Gasteiger partial charge in [-0.3, -0.25) is 14.5 Å². The summed E-state index contributed by atoms with van der Waals surface area (Å²) in [5.41, 5.74) is 1.84.